The second kappa shape index (κ2) is 5.93. The van der Waals surface area contributed by atoms with E-state index in [1.54, 1.807) is 0 Å². The summed E-state index contributed by atoms with van der Waals surface area (Å²) in [7, 11) is 0. The number of hydrogen-bond acceptors (Lipinski definition) is 4. The Kier molecular flexibility index (Phi) is 4.27. The lowest BCUT2D eigenvalue weighted by atomic mass is 10.4. The normalized spacial score (nSPS) is 20.7. The number of rotatable bonds is 6. The van der Waals surface area contributed by atoms with Crippen molar-refractivity contribution in [1.82, 2.24) is 10.3 Å². The Bertz CT molecular complexity index is 392. The van der Waals surface area contributed by atoms with E-state index in [0.717, 1.165) is 23.6 Å². The van der Waals surface area contributed by atoms with Gasteiger partial charge in [0.05, 0.1) is 5.69 Å². The summed E-state index contributed by atoms with van der Waals surface area (Å²) in [6.07, 6.45) is 8.44. The van der Waals surface area contributed by atoms with Gasteiger partial charge < -0.3 is 5.32 Å². The molecule has 0 saturated heterocycles. The van der Waals surface area contributed by atoms with Crippen molar-refractivity contribution in [2.24, 2.45) is 0 Å². The monoisotopic (exact) mass is 282 g/mol. The molecule has 100 valence electrons. The van der Waals surface area contributed by atoms with E-state index in [1.807, 2.05) is 11.3 Å². The minimum absolute atomic E-state index is 0.794. The van der Waals surface area contributed by atoms with E-state index in [0.29, 0.717) is 0 Å². The van der Waals surface area contributed by atoms with Crippen LogP contribution in [0.2, 0.25) is 0 Å². The second-order valence-electron chi connectivity index (χ2n) is 5.49. The lowest BCUT2D eigenvalue weighted by Crippen LogP contribution is -2.14. The summed E-state index contributed by atoms with van der Waals surface area (Å²) in [5.41, 5.74) is 1.25. The topological polar surface area (TPSA) is 24.9 Å². The predicted octanol–water partition coefficient (Wildman–Crippen LogP) is 3.88. The van der Waals surface area contributed by atoms with Crippen LogP contribution in [0.1, 0.15) is 54.1 Å². The van der Waals surface area contributed by atoms with Gasteiger partial charge in [0.15, 0.2) is 0 Å². The van der Waals surface area contributed by atoms with Crippen LogP contribution in [0.4, 0.5) is 0 Å². The number of nitrogens with zero attached hydrogens (tertiary/aromatic N) is 1. The largest absolute Gasteiger partial charge is 0.309 e. The molecule has 2 aliphatic rings. The Morgan fingerprint density at radius 3 is 2.78 bits per heavy atom. The molecule has 2 aliphatic carbocycles. The van der Waals surface area contributed by atoms with Gasteiger partial charge in [-0.1, -0.05) is 12.8 Å². The number of nitrogens with one attached hydrogen (secondary N) is 1. The summed E-state index contributed by atoms with van der Waals surface area (Å²) in [5, 5.41) is 5.82. The number of aromatic nitrogens is 1. The highest BCUT2D eigenvalue weighted by molar-refractivity contribution is 7.99. The van der Waals surface area contributed by atoms with Gasteiger partial charge in [-0.05, 0) is 32.6 Å². The molecule has 0 aliphatic heterocycles. The first kappa shape index (κ1) is 12.9. The van der Waals surface area contributed by atoms with Gasteiger partial charge in [0, 0.05) is 28.5 Å². The summed E-state index contributed by atoms with van der Waals surface area (Å²) in [6.45, 7) is 3.19. The van der Waals surface area contributed by atoms with Gasteiger partial charge in [-0.2, -0.15) is 11.8 Å². The van der Waals surface area contributed by atoms with Gasteiger partial charge in [0.2, 0.25) is 0 Å². The average molecular weight is 282 g/mol. The molecule has 2 fully saturated rings. The average Bonchev–Trinajstić information content (AvgIpc) is 2.91. The zero-order valence-corrected chi connectivity index (χ0v) is 12.7. The van der Waals surface area contributed by atoms with Crippen LogP contribution in [0.25, 0.3) is 0 Å². The van der Waals surface area contributed by atoms with E-state index >= 15 is 0 Å². The molecule has 0 amide bonds. The van der Waals surface area contributed by atoms with Gasteiger partial charge in [0.1, 0.15) is 5.01 Å². The van der Waals surface area contributed by atoms with Crippen molar-refractivity contribution in [2.45, 2.75) is 69.0 Å². The van der Waals surface area contributed by atoms with Crippen molar-refractivity contribution in [3.05, 3.63) is 15.6 Å². The van der Waals surface area contributed by atoms with Crippen LogP contribution >= 0.6 is 23.1 Å². The molecule has 0 aromatic carbocycles. The Hall–Kier alpha value is -0.0600. The maximum atomic E-state index is 4.73. The highest BCUT2D eigenvalue weighted by Crippen LogP contribution is 2.33. The van der Waals surface area contributed by atoms with Crippen molar-refractivity contribution < 1.29 is 0 Å². The van der Waals surface area contributed by atoms with Crippen LogP contribution in [0, 0.1) is 6.92 Å². The molecular weight excluding hydrogens is 260 g/mol. The predicted molar refractivity (Wildman–Crippen MR) is 80.3 cm³/mol. The highest BCUT2D eigenvalue weighted by Gasteiger charge is 2.21. The molecule has 2 nitrogen and oxygen atoms in total. The zero-order valence-electron chi connectivity index (χ0n) is 11.1. The molecule has 4 heteroatoms. The van der Waals surface area contributed by atoms with Gasteiger partial charge in [-0.3, -0.25) is 0 Å². The smallest absolute Gasteiger partial charge is 0.103 e. The van der Waals surface area contributed by atoms with Gasteiger partial charge in [-0.25, -0.2) is 4.98 Å². The maximum absolute atomic E-state index is 4.73. The van der Waals surface area contributed by atoms with Crippen molar-refractivity contribution in [3.8, 4) is 0 Å². The lowest BCUT2D eigenvalue weighted by Gasteiger charge is -2.05. The Balaban J connectivity index is 1.50. The molecule has 1 aromatic heterocycles. The summed E-state index contributed by atoms with van der Waals surface area (Å²) < 4.78 is 0. The minimum Gasteiger partial charge on any atom is -0.309 e. The van der Waals surface area contributed by atoms with Crippen LogP contribution < -0.4 is 5.32 Å². The van der Waals surface area contributed by atoms with Crippen molar-refractivity contribution >= 4 is 23.1 Å². The lowest BCUT2D eigenvalue weighted by molar-refractivity contribution is 0.691. The van der Waals surface area contributed by atoms with Crippen LogP contribution in [0.3, 0.4) is 0 Å². The SMILES string of the molecule is Cc1nc(CSC2CCCC2)sc1CNC1CC1. The number of thiazole rings is 1. The molecule has 18 heavy (non-hydrogen) atoms. The molecule has 1 aromatic rings. The molecule has 0 radical (unpaired) electrons. The molecule has 1 heterocycles. The third-order valence-electron chi connectivity index (χ3n) is 3.81. The van der Waals surface area contributed by atoms with E-state index in [9.17, 15) is 0 Å². The molecule has 1 N–H and O–H groups in total. The standard InChI is InChI=1S/C14H22N2S2/c1-10-13(8-15-11-6-7-11)18-14(16-10)9-17-12-4-2-3-5-12/h11-12,15H,2-9H2,1H3. The van der Waals surface area contributed by atoms with E-state index in [4.69, 9.17) is 4.98 Å². The minimum atomic E-state index is 0.794. The van der Waals surface area contributed by atoms with Gasteiger partial charge in [-0.15, -0.1) is 11.3 Å². The summed E-state index contributed by atoms with van der Waals surface area (Å²) in [5.74, 6) is 1.12. The fourth-order valence-corrected chi connectivity index (χ4v) is 4.85. The molecule has 2 saturated carbocycles. The highest BCUT2D eigenvalue weighted by atomic mass is 32.2. The summed E-state index contributed by atoms with van der Waals surface area (Å²) in [4.78, 5) is 6.18. The fourth-order valence-electron chi connectivity index (χ4n) is 2.48. The third kappa shape index (κ3) is 3.49. The summed E-state index contributed by atoms with van der Waals surface area (Å²) >= 11 is 4.04. The molecule has 0 spiro atoms. The number of hydrogen-bond donors (Lipinski definition) is 1. The molecule has 0 unspecified atom stereocenters. The molecule has 0 bridgehead atoms. The molecule has 0 atom stereocenters. The third-order valence-corrected chi connectivity index (χ3v) is 6.53. The second-order valence-corrected chi connectivity index (χ2v) is 7.95. The van der Waals surface area contributed by atoms with Crippen LogP contribution in [-0.4, -0.2) is 16.3 Å². The first-order chi connectivity index (χ1) is 8.81. The van der Waals surface area contributed by atoms with Gasteiger partial charge >= 0.3 is 0 Å². The Morgan fingerprint density at radius 1 is 1.28 bits per heavy atom. The Morgan fingerprint density at radius 2 is 2.06 bits per heavy atom. The quantitative estimate of drug-likeness (QED) is 0.857. The first-order valence-electron chi connectivity index (χ1n) is 7.11. The van der Waals surface area contributed by atoms with Crippen molar-refractivity contribution in [1.29, 1.82) is 0 Å². The fraction of sp³-hybridized carbons (Fsp3) is 0.786. The zero-order chi connectivity index (χ0) is 12.4. The first-order valence-corrected chi connectivity index (χ1v) is 8.98. The van der Waals surface area contributed by atoms with Crippen molar-refractivity contribution in [3.63, 3.8) is 0 Å². The number of thioether (sulfide) groups is 1. The van der Waals surface area contributed by atoms with Crippen molar-refractivity contribution in [2.75, 3.05) is 0 Å². The van der Waals surface area contributed by atoms with Crippen LogP contribution in [0.15, 0.2) is 0 Å². The van der Waals surface area contributed by atoms with E-state index in [-0.39, 0.29) is 0 Å². The van der Waals surface area contributed by atoms with Gasteiger partial charge in [0.25, 0.3) is 0 Å². The summed E-state index contributed by atoms with van der Waals surface area (Å²) in [6, 6.07) is 0.794. The Labute approximate surface area is 118 Å². The van der Waals surface area contributed by atoms with E-state index in [2.05, 4.69) is 24.0 Å². The van der Waals surface area contributed by atoms with E-state index < -0.39 is 0 Å². The molecule has 3 rings (SSSR count). The maximum Gasteiger partial charge on any atom is 0.103 e. The van der Waals surface area contributed by atoms with Crippen LogP contribution in [0.5, 0.6) is 0 Å². The number of aryl methyl sites for hydroxylation is 1. The molecular formula is C14H22N2S2. The van der Waals surface area contributed by atoms with E-state index in [1.165, 1.54) is 54.1 Å². The van der Waals surface area contributed by atoms with Crippen LogP contribution in [-0.2, 0) is 12.3 Å².